The highest BCUT2D eigenvalue weighted by molar-refractivity contribution is 5.64. The van der Waals surface area contributed by atoms with E-state index in [0.717, 1.165) is 5.75 Å². The predicted molar refractivity (Wildman–Crippen MR) is 99.0 cm³/mol. The first-order valence-corrected chi connectivity index (χ1v) is 8.27. The van der Waals surface area contributed by atoms with Gasteiger partial charge in [0.25, 0.3) is 0 Å². The third-order valence-electron chi connectivity index (χ3n) is 3.45. The number of nitrogens with zero attached hydrogens (tertiary/aromatic N) is 2. The minimum atomic E-state index is 0.0348. The lowest BCUT2D eigenvalue weighted by Gasteiger charge is -2.13. The van der Waals surface area contributed by atoms with E-state index in [0.29, 0.717) is 36.9 Å². The Labute approximate surface area is 153 Å². The molecular formula is C21H20N2O3. The standard InChI is InChI=1S/C21H20N2O3/c1-3-24-21-13-17(12-18(14-22)15-23)6-9-20(21)26-11-10-25-19-7-4-16(2)5-8-19/h4-9,12-13H,3,10-11H2,1-2H3. The van der Waals surface area contributed by atoms with Crippen LogP contribution in [0.4, 0.5) is 0 Å². The van der Waals surface area contributed by atoms with Crippen LogP contribution < -0.4 is 14.2 Å². The molecule has 0 fully saturated rings. The first-order chi connectivity index (χ1) is 12.7. The summed E-state index contributed by atoms with van der Waals surface area (Å²) in [4.78, 5) is 0. The van der Waals surface area contributed by atoms with Crippen LogP contribution in [0.25, 0.3) is 6.08 Å². The monoisotopic (exact) mass is 348 g/mol. The zero-order valence-electron chi connectivity index (χ0n) is 14.9. The maximum atomic E-state index is 8.86. The molecule has 0 radical (unpaired) electrons. The third kappa shape index (κ3) is 5.58. The molecular weight excluding hydrogens is 328 g/mol. The van der Waals surface area contributed by atoms with Gasteiger partial charge in [0.1, 0.15) is 36.7 Å². The summed E-state index contributed by atoms with van der Waals surface area (Å²) in [7, 11) is 0. The van der Waals surface area contributed by atoms with Gasteiger partial charge in [0, 0.05) is 0 Å². The highest BCUT2D eigenvalue weighted by Crippen LogP contribution is 2.29. The molecule has 5 heteroatoms. The fourth-order valence-corrected chi connectivity index (χ4v) is 2.20. The number of aryl methyl sites for hydroxylation is 1. The second-order valence-corrected chi connectivity index (χ2v) is 5.43. The highest BCUT2D eigenvalue weighted by Gasteiger charge is 2.07. The fourth-order valence-electron chi connectivity index (χ4n) is 2.20. The van der Waals surface area contributed by atoms with Gasteiger partial charge >= 0.3 is 0 Å². The molecule has 0 spiro atoms. The van der Waals surface area contributed by atoms with Crippen molar-refractivity contribution < 1.29 is 14.2 Å². The molecule has 2 rings (SSSR count). The fraction of sp³-hybridized carbons (Fsp3) is 0.238. The molecule has 0 bridgehead atoms. The first-order valence-electron chi connectivity index (χ1n) is 8.27. The third-order valence-corrected chi connectivity index (χ3v) is 3.45. The van der Waals surface area contributed by atoms with Crippen LogP contribution in [0.15, 0.2) is 48.0 Å². The van der Waals surface area contributed by atoms with Gasteiger partial charge in [0.15, 0.2) is 11.5 Å². The molecule has 0 amide bonds. The van der Waals surface area contributed by atoms with E-state index in [2.05, 4.69) is 0 Å². The molecule has 2 aromatic rings. The summed E-state index contributed by atoms with van der Waals surface area (Å²) in [5.41, 5.74) is 1.92. The summed E-state index contributed by atoms with van der Waals surface area (Å²) in [6, 6.07) is 16.8. The molecule has 0 N–H and O–H groups in total. The Bertz CT molecular complexity index is 827. The van der Waals surface area contributed by atoms with Gasteiger partial charge in [-0.15, -0.1) is 0 Å². The average Bonchev–Trinajstić information content (AvgIpc) is 2.66. The molecule has 0 heterocycles. The highest BCUT2D eigenvalue weighted by atomic mass is 16.5. The van der Waals surface area contributed by atoms with E-state index in [-0.39, 0.29) is 5.57 Å². The van der Waals surface area contributed by atoms with Gasteiger partial charge in [0.2, 0.25) is 0 Å². The van der Waals surface area contributed by atoms with E-state index < -0.39 is 0 Å². The lowest BCUT2D eigenvalue weighted by molar-refractivity contribution is 0.208. The number of ether oxygens (including phenoxy) is 3. The molecule has 0 atom stereocenters. The Morgan fingerprint density at radius 1 is 0.923 bits per heavy atom. The topological polar surface area (TPSA) is 75.3 Å². The molecule has 0 unspecified atom stereocenters. The van der Waals surface area contributed by atoms with Crippen molar-refractivity contribution in [2.24, 2.45) is 0 Å². The van der Waals surface area contributed by atoms with Gasteiger partial charge in [0.05, 0.1) is 6.61 Å². The summed E-state index contributed by atoms with van der Waals surface area (Å²) in [5, 5.41) is 17.7. The van der Waals surface area contributed by atoms with Gasteiger partial charge in [-0.05, 0) is 49.8 Å². The molecule has 2 aromatic carbocycles. The van der Waals surface area contributed by atoms with E-state index in [9.17, 15) is 0 Å². The molecule has 0 aliphatic carbocycles. The van der Waals surface area contributed by atoms with Crippen molar-refractivity contribution in [1.82, 2.24) is 0 Å². The molecule has 0 aliphatic rings. The van der Waals surface area contributed by atoms with Crippen molar-refractivity contribution in [2.75, 3.05) is 19.8 Å². The van der Waals surface area contributed by atoms with Crippen molar-refractivity contribution in [3.05, 3.63) is 59.2 Å². The molecule has 132 valence electrons. The summed E-state index contributed by atoms with van der Waals surface area (Å²) in [6.07, 6.45) is 1.51. The van der Waals surface area contributed by atoms with Crippen LogP contribution in [0, 0.1) is 29.6 Å². The second kappa shape index (κ2) is 9.76. The maximum absolute atomic E-state index is 8.86. The Hall–Kier alpha value is -3.44. The Balaban J connectivity index is 1.99. The van der Waals surface area contributed by atoms with Crippen molar-refractivity contribution in [2.45, 2.75) is 13.8 Å². The molecule has 5 nitrogen and oxygen atoms in total. The van der Waals surface area contributed by atoms with E-state index >= 15 is 0 Å². The van der Waals surface area contributed by atoms with Crippen molar-refractivity contribution in [3.63, 3.8) is 0 Å². The summed E-state index contributed by atoms with van der Waals surface area (Å²) in [6.45, 7) is 5.15. The summed E-state index contributed by atoms with van der Waals surface area (Å²) >= 11 is 0. The lowest BCUT2D eigenvalue weighted by Crippen LogP contribution is -2.10. The van der Waals surface area contributed by atoms with Crippen LogP contribution in [-0.2, 0) is 0 Å². The largest absolute Gasteiger partial charge is 0.490 e. The minimum Gasteiger partial charge on any atom is -0.490 e. The molecule has 26 heavy (non-hydrogen) atoms. The van der Waals surface area contributed by atoms with Crippen molar-refractivity contribution in [1.29, 1.82) is 10.5 Å². The van der Waals surface area contributed by atoms with Crippen LogP contribution >= 0.6 is 0 Å². The van der Waals surface area contributed by atoms with Crippen LogP contribution in [0.2, 0.25) is 0 Å². The lowest BCUT2D eigenvalue weighted by atomic mass is 10.1. The number of rotatable bonds is 8. The van der Waals surface area contributed by atoms with Crippen LogP contribution in [0.5, 0.6) is 17.2 Å². The number of benzene rings is 2. The normalized spacial score (nSPS) is 9.54. The van der Waals surface area contributed by atoms with Crippen LogP contribution in [-0.4, -0.2) is 19.8 Å². The Kier molecular flexibility index (Phi) is 7.09. The van der Waals surface area contributed by atoms with E-state index in [1.165, 1.54) is 11.6 Å². The van der Waals surface area contributed by atoms with E-state index in [1.54, 1.807) is 18.2 Å². The number of allylic oxidation sites excluding steroid dienone is 1. The number of hydrogen-bond acceptors (Lipinski definition) is 5. The molecule has 0 saturated heterocycles. The average molecular weight is 348 g/mol. The molecule has 0 saturated carbocycles. The van der Waals surface area contributed by atoms with Gasteiger partial charge in [-0.2, -0.15) is 10.5 Å². The van der Waals surface area contributed by atoms with E-state index in [4.69, 9.17) is 24.7 Å². The van der Waals surface area contributed by atoms with Gasteiger partial charge < -0.3 is 14.2 Å². The zero-order chi connectivity index (χ0) is 18.8. The number of nitriles is 2. The zero-order valence-corrected chi connectivity index (χ0v) is 14.9. The van der Waals surface area contributed by atoms with Gasteiger partial charge in [-0.25, -0.2) is 0 Å². The predicted octanol–water partition coefficient (Wildman–Crippen LogP) is 4.28. The first kappa shape index (κ1) is 18.9. The van der Waals surface area contributed by atoms with Crippen molar-refractivity contribution in [3.8, 4) is 29.4 Å². The SMILES string of the molecule is CCOc1cc(C=C(C#N)C#N)ccc1OCCOc1ccc(C)cc1. The quantitative estimate of drug-likeness (QED) is 0.526. The van der Waals surface area contributed by atoms with Crippen molar-refractivity contribution >= 4 is 6.08 Å². The number of hydrogen-bond donors (Lipinski definition) is 0. The maximum Gasteiger partial charge on any atom is 0.161 e. The summed E-state index contributed by atoms with van der Waals surface area (Å²) in [5.74, 6) is 1.95. The molecule has 0 aliphatic heterocycles. The van der Waals surface area contributed by atoms with E-state index in [1.807, 2.05) is 50.3 Å². The smallest absolute Gasteiger partial charge is 0.161 e. The Morgan fingerprint density at radius 3 is 2.27 bits per heavy atom. The van der Waals surface area contributed by atoms with Crippen LogP contribution in [0.1, 0.15) is 18.1 Å². The second-order valence-electron chi connectivity index (χ2n) is 5.43. The molecule has 0 aromatic heterocycles. The Morgan fingerprint density at radius 2 is 1.62 bits per heavy atom. The summed E-state index contributed by atoms with van der Waals surface area (Å²) < 4.78 is 17.0. The minimum absolute atomic E-state index is 0.0348. The van der Waals surface area contributed by atoms with Crippen LogP contribution in [0.3, 0.4) is 0 Å². The van der Waals surface area contributed by atoms with Gasteiger partial charge in [-0.1, -0.05) is 23.8 Å². The van der Waals surface area contributed by atoms with Gasteiger partial charge in [-0.3, -0.25) is 0 Å².